The molecule has 4 heteroatoms. The molecule has 0 aliphatic rings. The van der Waals surface area contributed by atoms with E-state index in [4.69, 9.17) is 10.7 Å². The normalized spacial score (nSPS) is 9.44. The number of imidazole rings is 1. The zero-order valence-electron chi connectivity index (χ0n) is 4.62. The Morgan fingerprint density at radius 3 is 3.00 bits per heavy atom. The van der Waals surface area contributed by atoms with Crippen molar-refractivity contribution in [2.75, 3.05) is 0 Å². The summed E-state index contributed by atoms with van der Waals surface area (Å²) >= 11 is 0. The Kier molecular flexibility index (Phi) is 2.19. The molecule has 0 radical (unpaired) electrons. The molecule has 0 aliphatic heterocycles. The topological polar surface area (TPSA) is 17.8 Å². The molecule has 0 N–H and O–H groups in total. The average molecular weight is 161 g/mol. The van der Waals surface area contributed by atoms with Gasteiger partial charge in [0.2, 0.25) is 0 Å². The minimum atomic E-state index is 0.758. The van der Waals surface area contributed by atoms with Gasteiger partial charge in [-0.3, -0.25) is 0 Å². The lowest BCUT2D eigenvalue weighted by Crippen LogP contribution is -1.83. The molecule has 2 nitrogen and oxygen atoms in total. The lowest BCUT2D eigenvalue weighted by molar-refractivity contribution is 1.13. The van der Waals surface area contributed by atoms with Crippen LogP contribution in [-0.4, -0.2) is 9.55 Å². The maximum absolute atomic E-state index is 5.41. The number of halogens is 1. The van der Waals surface area contributed by atoms with Gasteiger partial charge < -0.3 is 4.57 Å². The van der Waals surface area contributed by atoms with E-state index in [2.05, 4.69) is 11.6 Å². The van der Waals surface area contributed by atoms with Crippen molar-refractivity contribution in [1.29, 1.82) is 0 Å². The lowest BCUT2D eigenvalue weighted by Gasteiger charge is -1.96. The zero-order valence-corrected chi connectivity index (χ0v) is 6.19. The minimum Gasteiger partial charge on any atom is -0.300 e. The fourth-order valence-electron chi connectivity index (χ4n) is 0.446. The van der Waals surface area contributed by atoms with Crippen LogP contribution in [0.15, 0.2) is 25.3 Å². The molecule has 0 bridgehead atoms. The van der Waals surface area contributed by atoms with Crippen molar-refractivity contribution in [1.82, 2.24) is 9.55 Å². The van der Waals surface area contributed by atoms with Gasteiger partial charge in [0.15, 0.2) is 0 Å². The Bertz CT molecular complexity index is 195. The van der Waals surface area contributed by atoms with Crippen molar-refractivity contribution in [3.63, 3.8) is 0 Å². The SMILES string of the molecule is C=C(SCl)n1ccnc1. The van der Waals surface area contributed by atoms with E-state index in [1.807, 2.05) is 0 Å². The highest BCUT2D eigenvalue weighted by Gasteiger charge is 1.91. The lowest BCUT2D eigenvalue weighted by atomic mass is 10.8. The molecule has 9 heavy (non-hydrogen) atoms. The van der Waals surface area contributed by atoms with E-state index in [1.54, 1.807) is 23.3 Å². The van der Waals surface area contributed by atoms with E-state index in [-0.39, 0.29) is 0 Å². The monoisotopic (exact) mass is 160 g/mol. The van der Waals surface area contributed by atoms with E-state index in [9.17, 15) is 0 Å². The van der Waals surface area contributed by atoms with E-state index < -0.39 is 0 Å². The molecule has 0 spiro atoms. The summed E-state index contributed by atoms with van der Waals surface area (Å²) in [7, 11) is 6.50. The van der Waals surface area contributed by atoms with E-state index in [1.165, 1.54) is 0 Å². The van der Waals surface area contributed by atoms with Crippen molar-refractivity contribution in [2.45, 2.75) is 0 Å². The zero-order chi connectivity index (χ0) is 6.69. The number of hydrogen-bond acceptors (Lipinski definition) is 2. The molecule has 0 fully saturated rings. The number of aromatic nitrogens is 2. The molecular weight excluding hydrogens is 156 g/mol. The van der Waals surface area contributed by atoms with Crippen LogP contribution < -0.4 is 0 Å². The van der Waals surface area contributed by atoms with Gasteiger partial charge in [-0.15, -0.1) is 0 Å². The standard InChI is InChI=1S/C5H5ClN2S/c1-5(9-6)8-3-2-7-4-8/h2-4H,1H2. The number of hydrogen-bond donors (Lipinski definition) is 0. The van der Waals surface area contributed by atoms with Gasteiger partial charge in [0, 0.05) is 12.4 Å². The molecule has 0 saturated heterocycles. The quantitative estimate of drug-likeness (QED) is 0.660. The van der Waals surface area contributed by atoms with Crippen LogP contribution in [0, 0.1) is 0 Å². The molecule has 48 valence electrons. The molecule has 1 aromatic heterocycles. The van der Waals surface area contributed by atoms with Crippen molar-refractivity contribution < 1.29 is 0 Å². The summed E-state index contributed by atoms with van der Waals surface area (Å²) in [4.78, 5) is 3.82. The highest BCUT2D eigenvalue weighted by Crippen LogP contribution is 2.21. The Morgan fingerprint density at radius 2 is 2.56 bits per heavy atom. The molecule has 0 aromatic carbocycles. The summed E-state index contributed by atoms with van der Waals surface area (Å²) in [6.07, 6.45) is 5.12. The molecule has 1 heterocycles. The molecule has 1 aromatic rings. The van der Waals surface area contributed by atoms with Crippen LogP contribution in [0.2, 0.25) is 0 Å². The van der Waals surface area contributed by atoms with Crippen LogP contribution in [0.4, 0.5) is 0 Å². The smallest absolute Gasteiger partial charge is 0.0995 e. The summed E-state index contributed by atoms with van der Waals surface area (Å²) in [5, 5.41) is 0.758. The van der Waals surface area contributed by atoms with Crippen molar-refractivity contribution in [2.24, 2.45) is 0 Å². The van der Waals surface area contributed by atoms with Crippen LogP contribution in [0.5, 0.6) is 0 Å². The maximum Gasteiger partial charge on any atom is 0.0995 e. The first-order valence-corrected chi connectivity index (χ1v) is 3.94. The Labute approximate surface area is 62.0 Å². The fraction of sp³-hybridized carbons (Fsp3) is 0. The van der Waals surface area contributed by atoms with E-state index in [0.29, 0.717) is 0 Å². The molecule has 1 rings (SSSR count). The predicted octanol–water partition coefficient (Wildman–Crippen LogP) is 2.20. The van der Waals surface area contributed by atoms with Gasteiger partial charge in [0.25, 0.3) is 0 Å². The summed E-state index contributed by atoms with van der Waals surface area (Å²) < 4.78 is 1.75. The highest BCUT2D eigenvalue weighted by molar-refractivity contribution is 8.28. The predicted molar refractivity (Wildman–Crippen MR) is 41.0 cm³/mol. The minimum absolute atomic E-state index is 0.758. The first-order chi connectivity index (χ1) is 4.34. The highest BCUT2D eigenvalue weighted by atomic mass is 35.7. The third-order valence-electron chi connectivity index (χ3n) is 0.881. The molecule has 0 saturated carbocycles. The first kappa shape index (κ1) is 6.71. The summed E-state index contributed by atoms with van der Waals surface area (Å²) in [5.74, 6) is 0. The van der Waals surface area contributed by atoms with Gasteiger partial charge in [0.05, 0.1) is 11.4 Å². The third-order valence-corrected chi connectivity index (χ3v) is 1.80. The van der Waals surface area contributed by atoms with Crippen molar-refractivity contribution in [3.05, 3.63) is 25.3 Å². The van der Waals surface area contributed by atoms with Crippen LogP contribution in [0.1, 0.15) is 0 Å². The largest absolute Gasteiger partial charge is 0.300 e. The van der Waals surface area contributed by atoms with Gasteiger partial charge in [-0.2, -0.15) is 0 Å². The molecular formula is C5H5ClN2S. The van der Waals surface area contributed by atoms with Crippen LogP contribution in [0.3, 0.4) is 0 Å². The maximum atomic E-state index is 5.41. The molecule has 0 amide bonds. The van der Waals surface area contributed by atoms with Gasteiger partial charge in [0.1, 0.15) is 0 Å². The second kappa shape index (κ2) is 2.94. The van der Waals surface area contributed by atoms with Gasteiger partial charge >= 0.3 is 0 Å². The average Bonchev–Trinajstić information content (AvgIpc) is 2.37. The second-order valence-electron chi connectivity index (χ2n) is 1.44. The summed E-state index contributed by atoms with van der Waals surface area (Å²) in [6, 6.07) is 0. The third kappa shape index (κ3) is 1.50. The first-order valence-electron chi connectivity index (χ1n) is 2.30. The van der Waals surface area contributed by atoms with Gasteiger partial charge in [-0.05, 0) is 21.7 Å². The van der Waals surface area contributed by atoms with Gasteiger partial charge in [-0.25, -0.2) is 4.98 Å². The molecule has 0 unspecified atom stereocenters. The van der Waals surface area contributed by atoms with Gasteiger partial charge in [-0.1, -0.05) is 6.58 Å². The van der Waals surface area contributed by atoms with Crippen LogP contribution in [-0.2, 0) is 0 Å². The second-order valence-corrected chi connectivity index (χ2v) is 2.53. The summed E-state index contributed by atoms with van der Waals surface area (Å²) in [6.45, 7) is 3.67. The summed E-state index contributed by atoms with van der Waals surface area (Å²) in [5.41, 5.74) is 0. The Morgan fingerprint density at radius 1 is 1.78 bits per heavy atom. The molecule has 0 atom stereocenters. The van der Waals surface area contributed by atoms with E-state index in [0.717, 1.165) is 16.0 Å². The Hall–Kier alpha value is -0.410. The van der Waals surface area contributed by atoms with Crippen LogP contribution in [0.25, 0.3) is 5.03 Å². The van der Waals surface area contributed by atoms with Crippen molar-refractivity contribution >= 4 is 26.7 Å². The van der Waals surface area contributed by atoms with Crippen LogP contribution >= 0.6 is 21.7 Å². The molecule has 0 aliphatic carbocycles. The number of nitrogens with zero attached hydrogens (tertiary/aromatic N) is 2. The number of rotatable bonds is 2. The van der Waals surface area contributed by atoms with E-state index >= 15 is 0 Å². The Balaban J connectivity index is 2.77. The van der Waals surface area contributed by atoms with Crippen molar-refractivity contribution in [3.8, 4) is 0 Å². The fourth-order valence-corrected chi connectivity index (χ4v) is 0.873.